The molecule has 3 heterocycles. The molecule has 7 nitrogen and oxygen atoms in total. The Hall–Kier alpha value is -3.39. The lowest BCUT2D eigenvalue weighted by Gasteiger charge is -2.36. The van der Waals surface area contributed by atoms with Gasteiger partial charge in [0, 0.05) is 63.0 Å². The summed E-state index contributed by atoms with van der Waals surface area (Å²) in [7, 11) is 1.49. The van der Waals surface area contributed by atoms with Gasteiger partial charge in [0.25, 0.3) is 11.5 Å². The highest BCUT2D eigenvalue weighted by Gasteiger charge is 2.21. The Bertz CT molecular complexity index is 1310. The van der Waals surface area contributed by atoms with Crippen molar-refractivity contribution in [3.63, 3.8) is 0 Å². The molecule has 1 aromatic heterocycles. The summed E-state index contributed by atoms with van der Waals surface area (Å²) in [4.78, 5) is 32.0. The number of aromatic nitrogens is 1. The Labute approximate surface area is 198 Å². The Kier molecular flexibility index (Phi) is 6.00. The maximum Gasteiger partial charge on any atom is 0.253 e. The van der Waals surface area contributed by atoms with Crippen LogP contribution in [-0.2, 0) is 13.0 Å². The van der Waals surface area contributed by atoms with Gasteiger partial charge in [-0.15, -0.1) is 0 Å². The van der Waals surface area contributed by atoms with E-state index in [0.717, 1.165) is 80.0 Å². The first-order valence-electron chi connectivity index (χ1n) is 11.9. The molecular formula is C26H30FN5O2. The number of nitrogens with zero attached hydrogens (tertiary/aromatic N) is 2. The average Bonchev–Trinajstić information content (AvgIpc) is 2.84. The van der Waals surface area contributed by atoms with E-state index < -0.39 is 11.7 Å². The third-order valence-electron chi connectivity index (χ3n) is 6.94. The van der Waals surface area contributed by atoms with E-state index in [9.17, 15) is 14.0 Å². The van der Waals surface area contributed by atoms with Crippen LogP contribution < -0.4 is 21.1 Å². The van der Waals surface area contributed by atoms with Crippen LogP contribution in [0.25, 0.3) is 10.9 Å². The van der Waals surface area contributed by atoms with Crippen LogP contribution in [0.5, 0.6) is 0 Å². The summed E-state index contributed by atoms with van der Waals surface area (Å²) in [5, 5.41) is 7.02. The summed E-state index contributed by atoms with van der Waals surface area (Å²) in [5.41, 5.74) is 5.95. The van der Waals surface area contributed by atoms with Crippen LogP contribution in [0.15, 0.2) is 35.1 Å². The number of rotatable bonds is 4. The fourth-order valence-electron chi connectivity index (χ4n) is 5.20. The number of pyridine rings is 1. The maximum atomic E-state index is 14.4. The number of amides is 1. The first-order chi connectivity index (χ1) is 16.4. The molecule has 1 amide bonds. The second-order valence-corrected chi connectivity index (χ2v) is 9.18. The van der Waals surface area contributed by atoms with Crippen LogP contribution >= 0.6 is 0 Å². The highest BCUT2D eigenvalue weighted by atomic mass is 19.1. The van der Waals surface area contributed by atoms with Gasteiger partial charge in [-0.1, -0.05) is 6.07 Å². The van der Waals surface area contributed by atoms with E-state index in [0.29, 0.717) is 0 Å². The number of H-pyrrole nitrogens is 1. The minimum atomic E-state index is -0.503. The SMILES string of the molecule is CNC(=O)c1ccc(N2CCN(Cc3cc(C)c4c5c(c(=O)[nH]c4c3)CCCN5)CC2)cc1F. The summed E-state index contributed by atoms with van der Waals surface area (Å²) in [6, 6.07) is 9.11. The predicted molar refractivity (Wildman–Crippen MR) is 133 cm³/mol. The first kappa shape index (κ1) is 22.4. The van der Waals surface area contributed by atoms with Crippen molar-refractivity contribution in [2.45, 2.75) is 26.3 Å². The van der Waals surface area contributed by atoms with Crippen LogP contribution in [0.3, 0.4) is 0 Å². The third kappa shape index (κ3) is 4.14. The summed E-state index contributed by atoms with van der Waals surface area (Å²) < 4.78 is 14.4. The molecule has 5 rings (SSSR count). The van der Waals surface area contributed by atoms with Gasteiger partial charge in [0.2, 0.25) is 0 Å². The predicted octanol–water partition coefficient (Wildman–Crippen LogP) is 3.02. The Balaban J connectivity index is 1.29. The second-order valence-electron chi connectivity index (χ2n) is 9.18. The number of fused-ring (bicyclic) bond motifs is 3. The number of hydrogen-bond donors (Lipinski definition) is 3. The zero-order chi connectivity index (χ0) is 23.8. The highest BCUT2D eigenvalue weighted by molar-refractivity contribution is 5.96. The molecule has 3 N–H and O–H groups in total. The minimum Gasteiger partial charge on any atom is -0.384 e. The normalized spacial score (nSPS) is 16.3. The maximum absolute atomic E-state index is 14.4. The Morgan fingerprint density at radius 3 is 2.68 bits per heavy atom. The van der Waals surface area contributed by atoms with Gasteiger partial charge in [-0.05, 0) is 55.2 Å². The van der Waals surface area contributed by atoms with Crippen molar-refractivity contribution in [3.05, 3.63) is 68.8 Å². The molecule has 1 saturated heterocycles. The first-order valence-corrected chi connectivity index (χ1v) is 11.9. The van der Waals surface area contributed by atoms with E-state index in [-0.39, 0.29) is 11.1 Å². The van der Waals surface area contributed by atoms with E-state index in [1.165, 1.54) is 24.2 Å². The van der Waals surface area contributed by atoms with Crippen LogP contribution in [0, 0.1) is 12.7 Å². The van der Waals surface area contributed by atoms with Gasteiger partial charge in [0.1, 0.15) is 5.82 Å². The van der Waals surface area contributed by atoms with Crippen LogP contribution in [0.1, 0.15) is 33.5 Å². The Morgan fingerprint density at radius 2 is 1.94 bits per heavy atom. The number of nitrogens with one attached hydrogen (secondary N) is 3. The van der Waals surface area contributed by atoms with Crippen molar-refractivity contribution >= 4 is 28.2 Å². The highest BCUT2D eigenvalue weighted by Crippen LogP contribution is 2.31. The lowest BCUT2D eigenvalue weighted by atomic mass is 9.97. The van der Waals surface area contributed by atoms with E-state index in [4.69, 9.17) is 0 Å². The van der Waals surface area contributed by atoms with E-state index in [1.54, 1.807) is 12.1 Å². The molecule has 0 saturated carbocycles. The summed E-state index contributed by atoms with van der Waals surface area (Å²) in [6.45, 7) is 7.04. The molecule has 0 aliphatic carbocycles. The molecule has 178 valence electrons. The molecule has 2 aliphatic heterocycles. The van der Waals surface area contributed by atoms with Gasteiger partial charge in [-0.25, -0.2) is 4.39 Å². The van der Waals surface area contributed by atoms with Crippen LogP contribution in [-0.4, -0.2) is 55.6 Å². The summed E-state index contributed by atoms with van der Waals surface area (Å²) >= 11 is 0. The largest absolute Gasteiger partial charge is 0.384 e. The van der Waals surface area contributed by atoms with Crippen molar-refractivity contribution in [3.8, 4) is 0 Å². The molecular weight excluding hydrogens is 433 g/mol. The van der Waals surface area contributed by atoms with Crippen molar-refractivity contribution in [2.75, 3.05) is 50.0 Å². The number of piperazine rings is 1. The molecule has 0 bridgehead atoms. The second kappa shape index (κ2) is 9.10. The number of carbonyl (C=O) groups excluding carboxylic acids is 1. The van der Waals surface area contributed by atoms with Crippen molar-refractivity contribution in [1.82, 2.24) is 15.2 Å². The minimum absolute atomic E-state index is 0.00883. The molecule has 0 radical (unpaired) electrons. The number of aromatic amines is 1. The molecule has 2 aromatic carbocycles. The van der Waals surface area contributed by atoms with Gasteiger partial charge in [-0.2, -0.15) is 0 Å². The zero-order valence-corrected chi connectivity index (χ0v) is 19.6. The number of aryl methyl sites for hydroxylation is 1. The van der Waals surface area contributed by atoms with Crippen LogP contribution in [0.2, 0.25) is 0 Å². The molecule has 1 fully saturated rings. The molecule has 3 aromatic rings. The fraction of sp³-hybridized carbons (Fsp3) is 0.385. The van der Waals surface area contributed by atoms with Gasteiger partial charge in [-0.3, -0.25) is 14.5 Å². The van der Waals surface area contributed by atoms with Gasteiger partial charge in [0.05, 0.1) is 16.8 Å². The van der Waals surface area contributed by atoms with E-state index in [2.05, 4.69) is 44.5 Å². The number of halogens is 1. The molecule has 8 heteroatoms. The lowest BCUT2D eigenvalue weighted by molar-refractivity contribution is 0.0959. The van der Waals surface area contributed by atoms with Crippen molar-refractivity contribution in [2.24, 2.45) is 0 Å². The number of anilines is 2. The molecule has 0 unspecified atom stereocenters. The molecule has 0 atom stereocenters. The smallest absolute Gasteiger partial charge is 0.253 e. The Morgan fingerprint density at radius 1 is 1.15 bits per heavy atom. The third-order valence-corrected chi connectivity index (χ3v) is 6.94. The average molecular weight is 464 g/mol. The monoisotopic (exact) mass is 463 g/mol. The quantitative estimate of drug-likeness (QED) is 0.554. The summed E-state index contributed by atoms with van der Waals surface area (Å²) in [5.74, 6) is -0.922. The van der Waals surface area contributed by atoms with Gasteiger partial charge in [0.15, 0.2) is 0 Å². The topological polar surface area (TPSA) is 80.5 Å². The van der Waals surface area contributed by atoms with Gasteiger partial charge < -0.3 is 20.5 Å². The number of hydrogen-bond acceptors (Lipinski definition) is 5. The molecule has 0 spiro atoms. The van der Waals surface area contributed by atoms with Gasteiger partial charge >= 0.3 is 0 Å². The van der Waals surface area contributed by atoms with E-state index in [1.807, 2.05) is 0 Å². The lowest BCUT2D eigenvalue weighted by Crippen LogP contribution is -2.46. The zero-order valence-electron chi connectivity index (χ0n) is 19.6. The molecule has 34 heavy (non-hydrogen) atoms. The summed E-state index contributed by atoms with van der Waals surface area (Å²) in [6.07, 6.45) is 1.80. The standard InChI is InChI=1S/C26H30FN5O2/c1-16-12-17(13-22-23(16)24-20(26(34)30-22)4-3-7-29-24)15-31-8-10-32(11-9-31)18-5-6-19(21(27)14-18)25(33)28-2/h5-6,12-14,29H,3-4,7-11,15H2,1-2H3,(H,28,33)(H,30,34). The fourth-order valence-corrected chi connectivity index (χ4v) is 5.20. The van der Waals surface area contributed by atoms with Crippen LogP contribution in [0.4, 0.5) is 15.8 Å². The number of carbonyl (C=O) groups is 1. The molecule has 2 aliphatic rings. The van der Waals surface area contributed by atoms with Crippen molar-refractivity contribution < 1.29 is 9.18 Å². The number of benzene rings is 2. The van der Waals surface area contributed by atoms with Crippen molar-refractivity contribution in [1.29, 1.82) is 0 Å². The van der Waals surface area contributed by atoms with E-state index >= 15 is 0 Å².